The number of hydrogen-bond acceptors (Lipinski definition) is 9. The molecule has 4 heterocycles. The fourth-order valence-electron chi connectivity index (χ4n) is 6.81. The Hall–Kier alpha value is -3.44. The molecule has 276 valence electrons. The third kappa shape index (κ3) is 10.5. The lowest BCUT2D eigenvalue weighted by molar-refractivity contribution is -0.156. The van der Waals surface area contributed by atoms with Gasteiger partial charge in [0.1, 0.15) is 17.2 Å². The van der Waals surface area contributed by atoms with Crippen molar-refractivity contribution < 1.29 is 9.53 Å². The SMILES string of the molecule is CCC(C)c1cc(NC2CCC(CC(=O)OC(C)(C)C)CC2)n2nccc2n1.CCC(C)c1cc(NC2CCC(N)CC2)n2nccc2n1.Cl. The molecule has 6 rings (SSSR count). The summed E-state index contributed by atoms with van der Waals surface area (Å²) >= 11 is 0. The summed E-state index contributed by atoms with van der Waals surface area (Å²) in [6, 6.07) is 9.48. The Balaban J connectivity index is 0.000000229. The number of esters is 1. The highest BCUT2D eigenvalue weighted by molar-refractivity contribution is 5.85. The van der Waals surface area contributed by atoms with Gasteiger partial charge in [-0.25, -0.2) is 9.97 Å². The first-order valence-electron chi connectivity index (χ1n) is 18.6. The van der Waals surface area contributed by atoms with Gasteiger partial charge < -0.3 is 21.1 Å². The van der Waals surface area contributed by atoms with Gasteiger partial charge in [-0.05, 0) is 103 Å². The second kappa shape index (κ2) is 17.7. The van der Waals surface area contributed by atoms with Gasteiger partial charge in [0.25, 0.3) is 0 Å². The van der Waals surface area contributed by atoms with Crippen molar-refractivity contribution in [3.8, 4) is 0 Å². The van der Waals surface area contributed by atoms with E-state index in [1.807, 2.05) is 48.1 Å². The number of fused-ring (bicyclic) bond motifs is 2. The van der Waals surface area contributed by atoms with Crippen LogP contribution in [0, 0.1) is 5.92 Å². The summed E-state index contributed by atoms with van der Waals surface area (Å²) in [6.07, 6.45) is 14.9. The van der Waals surface area contributed by atoms with E-state index in [0.717, 1.165) is 98.5 Å². The van der Waals surface area contributed by atoms with Gasteiger partial charge in [0.15, 0.2) is 11.3 Å². The lowest BCUT2D eigenvalue weighted by Gasteiger charge is -2.30. The van der Waals surface area contributed by atoms with Crippen molar-refractivity contribution in [3.05, 3.63) is 48.0 Å². The van der Waals surface area contributed by atoms with Crippen LogP contribution in [0.1, 0.15) is 142 Å². The minimum atomic E-state index is -0.403. The van der Waals surface area contributed by atoms with Gasteiger partial charge in [-0.1, -0.05) is 27.7 Å². The molecule has 2 atom stereocenters. The van der Waals surface area contributed by atoms with Crippen LogP contribution in [-0.2, 0) is 9.53 Å². The molecule has 4 aromatic heterocycles. The smallest absolute Gasteiger partial charge is 0.306 e. The van der Waals surface area contributed by atoms with Crippen molar-refractivity contribution in [1.82, 2.24) is 29.2 Å². The Morgan fingerprint density at radius 2 is 1.26 bits per heavy atom. The molecule has 0 saturated heterocycles. The minimum Gasteiger partial charge on any atom is -0.460 e. The van der Waals surface area contributed by atoms with E-state index in [1.54, 1.807) is 6.20 Å². The zero-order valence-electron chi connectivity index (χ0n) is 31.2. The maximum Gasteiger partial charge on any atom is 0.306 e. The summed E-state index contributed by atoms with van der Waals surface area (Å²) in [4.78, 5) is 21.5. The molecule has 0 bridgehead atoms. The topological polar surface area (TPSA) is 137 Å². The van der Waals surface area contributed by atoms with Crippen LogP contribution in [0.25, 0.3) is 11.3 Å². The Kier molecular flexibility index (Phi) is 13.9. The maximum absolute atomic E-state index is 12.1. The molecule has 0 spiro atoms. The predicted octanol–water partition coefficient (Wildman–Crippen LogP) is 8.29. The molecule has 2 aliphatic rings. The van der Waals surface area contributed by atoms with Crippen molar-refractivity contribution in [2.45, 2.75) is 155 Å². The molecule has 2 saturated carbocycles. The molecule has 11 nitrogen and oxygen atoms in total. The van der Waals surface area contributed by atoms with Crippen molar-refractivity contribution in [1.29, 1.82) is 0 Å². The Bertz CT molecular complexity index is 1650. The van der Waals surface area contributed by atoms with Crippen LogP contribution >= 0.6 is 12.4 Å². The molecule has 0 aromatic carbocycles. The summed E-state index contributed by atoms with van der Waals surface area (Å²) < 4.78 is 9.27. The first kappa shape index (κ1) is 39.3. The number of halogens is 1. The minimum absolute atomic E-state index is 0. The van der Waals surface area contributed by atoms with Crippen molar-refractivity contribution >= 4 is 41.3 Å². The van der Waals surface area contributed by atoms with Crippen molar-refractivity contribution in [2.24, 2.45) is 11.7 Å². The van der Waals surface area contributed by atoms with Gasteiger partial charge in [-0.3, -0.25) is 4.79 Å². The van der Waals surface area contributed by atoms with E-state index in [1.165, 1.54) is 0 Å². The lowest BCUT2D eigenvalue weighted by atomic mass is 9.84. The second-order valence-electron chi connectivity index (χ2n) is 15.4. The first-order chi connectivity index (χ1) is 23.4. The van der Waals surface area contributed by atoms with Gasteiger partial charge in [-0.15, -0.1) is 12.4 Å². The monoisotopic (exact) mass is 709 g/mol. The van der Waals surface area contributed by atoms with Crippen molar-refractivity contribution in [3.63, 3.8) is 0 Å². The van der Waals surface area contributed by atoms with E-state index in [9.17, 15) is 4.79 Å². The number of ether oxygens (including phenoxy) is 1. The van der Waals surface area contributed by atoms with Gasteiger partial charge in [0, 0.05) is 60.2 Å². The standard InChI is InChI=1S/C22H34N4O2.C16H25N5.ClH/c1-6-15(2)18-14-20(26-19(25-18)11-12-23-26)24-17-9-7-16(8-10-17)13-21(27)28-22(3,4)5;1-3-11(2)14-10-16(21-15(20-14)8-9-18-21)19-13-6-4-12(17)5-7-13;/h11-12,14-17,24H,6-10,13H2,1-5H3;8-13,19H,3-7,17H2,1-2H3;1H. The highest BCUT2D eigenvalue weighted by Crippen LogP contribution is 2.31. The summed E-state index contributed by atoms with van der Waals surface area (Å²) in [5.41, 5.74) is 9.64. The van der Waals surface area contributed by atoms with Gasteiger partial charge in [-0.2, -0.15) is 19.2 Å². The molecule has 0 amide bonds. The van der Waals surface area contributed by atoms with Crippen LogP contribution in [-0.4, -0.2) is 58.9 Å². The van der Waals surface area contributed by atoms with E-state index in [-0.39, 0.29) is 18.4 Å². The van der Waals surface area contributed by atoms with Crippen LogP contribution < -0.4 is 16.4 Å². The van der Waals surface area contributed by atoms with Crippen LogP contribution in [0.2, 0.25) is 0 Å². The second-order valence-corrected chi connectivity index (χ2v) is 15.4. The van der Waals surface area contributed by atoms with Gasteiger partial charge >= 0.3 is 5.97 Å². The number of rotatable bonds is 10. The van der Waals surface area contributed by atoms with Crippen LogP contribution in [0.5, 0.6) is 0 Å². The van der Waals surface area contributed by atoms with E-state index >= 15 is 0 Å². The largest absolute Gasteiger partial charge is 0.460 e. The normalized spacial score (nSPS) is 22.2. The first-order valence-corrected chi connectivity index (χ1v) is 18.6. The maximum atomic E-state index is 12.1. The average molecular weight is 710 g/mol. The van der Waals surface area contributed by atoms with E-state index in [2.05, 4.69) is 60.7 Å². The number of carbonyl (C=O) groups excluding carboxylic acids is 1. The summed E-state index contributed by atoms with van der Waals surface area (Å²) in [5.74, 6) is 3.30. The Morgan fingerprint density at radius 3 is 1.68 bits per heavy atom. The molecule has 4 aromatic rings. The summed E-state index contributed by atoms with van der Waals surface area (Å²) in [5, 5.41) is 16.2. The van der Waals surface area contributed by atoms with Crippen LogP contribution in [0.4, 0.5) is 11.6 Å². The lowest BCUT2D eigenvalue weighted by Crippen LogP contribution is -2.33. The molecule has 2 unspecified atom stereocenters. The number of hydrogen-bond donors (Lipinski definition) is 3. The van der Waals surface area contributed by atoms with E-state index < -0.39 is 5.60 Å². The molecular weight excluding hydrogens is 650 g/mol. The zero-order valence-corrected chi connectivity index (χ0v) is 32.0. The van der Waals surface area contributed by atoms with Crippen molar-refractivity contribution in [2.75, 3.05) is 10.6 Å². The number of nitrogens with one attached hydrogen (secondary N) is 2. The number of carbonyl (C=O) groups is 1. The molecule has 50 heavy (non-hydrogen) atoms. The summed E-state index contributed by atoms with van der Waals surface area (Å²) in [7, 11) is 0. The average Bonchev–Trinajstić information content (AvgIpc) is 3.75. The number of anilines is 2. The molecule has 0 radical (unpaired) electrons. The number of nitrogens with two attached hydrogens (primary N) is 1. The molecular formula is C38H60ClN9O2. The number of aromatic nitrogens is 6. The molecule has 0 aliphatic heterocycles. The fraction of sp³-hybridized carbons (Fsp3) is 0.658. The third-order valence-corrected chi connectivity index (χ3v) is 10.2. The molecule has 2 fully saturated rings. The third-order valence-electron chi connectivity index (χ3n) is 10.2. The van der Waals surface area contributed by atoms with Gasteiger partial charge in [0.2, 0.25) is 0 Å². The Labute approximate surface area is 304 Å². The molecule has 12 heteroatoms. The van der Waals surface area contributed by atoms with E-state index in [4.69, 9.17) is 20.4 Å². The summed E-state index contributed by atoms with van der Waals surface area (Å²) in [6.45, 7) is 14.6. The predicted molar refractivity (Wildman–Crippen MR) is 204 cm³/mol. The van der Waals surface area contributed by atoms with Crippen LogP contribution in [0.3, 0.4) is 0 Å². The van der Waals surface area contributed by atoms with E-state index in [0.29, 0.717) is 42.3 Å². The van der Waals surface area contributed by atoms with Crippen LogP contribution in [0.15, 0.2) is 36.7 Å². The zero-order chi connectivity index (χ0) is 35.1. The molecule has 4 N–H and O–H groups in total. The fourth-order valence-corrected chi connectivity index (χ4v) is 6.81. The quantitative estimate of drug-likeness (QED) is 0.139. The highest BCUT2D eigenvalue weighted by Gasteiger charge is 2.26. The molecule has 2 aliphatic carbocycles. The Morgan fingerprint density at radius 1 is 0.820 bits per heavy atom. The number of nitrogens with zero attached hydrogens (tertiary/aromatic N) is 6. The van der Waals surface area contributed by atoms with Gasteiger partial charge in [0.05, 0.1) is 12.4 Å². The highest BCUT2D eigenvalue weighted by atomic mass is 35.5.